The lowest BCUT2D eigenvalue weighted by Crippen LogP contribution is -2.43. The van der Waals surface area contributed by atoms with Crippen molar-refractivity contribution in [1.82, 2.24) is 25.0 Å². The Balaban J connectivity index is 1.26. The van der Waals surface area contributed by atoms with Crippen LogP contribution in [0.5, 0.6) is 0 Å². The van der Waals surface area contributed by atoms with Crippen LogP contribution in [0.1, 0.15) is 36.9 Å². The predicted octanol–water partition coefficient (Wildman–Crippen LogP) is 4.12. The van der Waals surface area contributed by atoms with Crippen LogP contribution in [-0.4, -0.2) is 38.8 Å². The lowest BCUT2D eigenvalue weighted by atomic mass is 9.92. The molecule has 1 N–H and O–H groups in total. The number of thiazole rings is 1. The summed E-state index contributed by atoms with van der Waals surface area (Å²) in [6, 6.07) is 10.1. The molecule has 3 heterocycles. The van der Waals surface area contributed by atoms with Crippen molar-refractivity contribution in [1.29, 1.82) is 0 Å². The molecule has 0 radical (unpaired) electrons. The summed E-state index contributed by atoms with van der Waals surface area (Å²) in [5, 5.41) is 10.4. The largest absolute Gasteiger partial charge is 0.332 e. The van der Waals surface area contributed by atoms with E-state index < -0.39 is 0 Å². The predicted molar refractivity (Wildman–Crippen MR) is 111 cm³/mol. The summed E-state index contributed by atoms with van der Waals surface area (Å²) >= 11 is 1.61. The lowest BCUT2D eigenvalue weighted by Gasteiger charge is -2.31. The van der Waals surface area contributed by atoms with E-state index in [4.69, 9.17) is 0 Å². The van der Waals surface area contributed by atoms with Gasteiger partial charge in [-0.15, -0.1) is 11.3 Å². The molecule has 1 aromatic carbocycles. The molecular weight excluding hydrogens is 370 g/mol. The Morgan fingerprint density at radius 3 is 2.75 bits per heavy atom. The van der Waals surface area contributed by atoms with Gasteiger partial charge in [0, 0.05) is 36.8 Å². The van der Waals surface area contributed by atoms with Crippen LogP contribution in [0.15, 0.2) is 48.1 Å². The molecule has 0 spiro atoms. The maximum absolute atomic E-state index is 12.5. The number of nitrogens with one attached hydrogen (secondary N) is 1. The minimum absolute atomic E-state index is 0.00281. The highest BCUT2D eigenvalue weighted by Gasteiger charge is 2.24. The average Bonchev–Trinajstić information content (AvgIpc) is 3.42. The molecule has 1 aliphatic heterocycles. The Morgan fingerprint density at radius 2 is 2.04 bits per heavy atom. The second-order valence-electron chi connectivity index (χ2n) is 7.06. The van der Waals surface area contributed by atoms with Crippen molar-refractivity contribution in [3.05, 3.63) is 59.4 Å². The summed E-state index contributed by atoms with van der Waals surface area (Å²) in [6.45, 7) is 5.00. The van der Waals surface area contributed by atoms with Crippen molar-refractivity contribution in [2.45, 2.75) is 38.8 Å². The summed E-state index contributed by atoms with van der Waals surface area (Å²) in [4.78, 5) is 19.1. The van der Waals surface area contributed by atoms with Gasteiger partial charge in [-0.05, 0) is 31.2 Å². The normalized spacial score (nSPS) is 15.0. The number of hydrogen-bond acceptors (Lipinski definition) is 4. The zero-order valence-corrected chi connectivity index (χ0v) is 16.9. The average molecular weight is 396 g/mol. The molecule has 6 nitrogen and oxygen atoms in total. The number of rotatable bonds is 5. The van der Waals surface area contributed by atoms with Gasteiger partial charge in [-0.3, -0.25) is 4.68 Å². The highest BCUT2D eigenvalue weighted by atomic mass is 32.1. The molecule has 28 heavy (non-hydrogen) atoms. The molecule has 1 saturated heterocycles. The number of aryl methyl sites for hydroxylation is 1. The Bertz CT molecular complexity index is 912. The monoisotopic (exact) mass is 395 g/mol. The van der Waals surface area contributed by atoms with Gasteiger partial charge in [0.15, 0.2) is 0 Å². The SMILES string of the molecule is CCn1cc(C2CCN(C(=O)NCc3csc(-c4ccccc4)n3)CC2)cn1. The topological polar surface area (TPSA) is 63.1 Å². The number of carbonyl (C=O) groups excluding carboxylic acids is 1. The van der Waals surface area contributed by atoms with Crippen LogP contribution >= 0.6 is 11.3 Å². The van der Waals surface area contributed by atoms with Crippen LogP contribution in [-0.2, 0) is 13.1 Å². The van der Waals surface area contributed by atoms with E-state index in [2.05, 4.69) is 40.7 Å². The van der Waals surface area contributed by atoms with Crippen LogP contribution in [0.4, 0.5) is 4.79 Å². The van der Waals surface area contributed by atoms with E-state index in [9.17, 15) is 4.79 Å². The van der Waals surface area contributed by atoms with E-state index in [0.29, 0.717) is 12.5 Å². The first kappa shape index (κ1) is 18.7. The Morgan fingerprint density at radius 1 is 1.25 bits per heavy atom. The third-order valence-corrected chi connectivity index (χ3v) is 6.16. The standard InChI is InChI=1S/C21H25N5OS/c1-2-26-14-18(12-23-26)16-8-10-25(11-9-16)21(27)22-13-19-15-28-20(24-19)17-6-4-3-5-7-17/h3-7,12,14-16H,2,8-11,13H2,1H3,(H,22,27). The Labute approximate surface area is 169 Å². The fourth-order valence-electron chi connectivity index (χ4n) is 3.56. The van der Waals surface area contributed by atoms with E-state index in [1.165, 1.54) is 5.56 Å². The first-order valence-electron chi connectivity index (χ1n) is 9.78. The van der Waals surface area contributed by atoms with Crippen LogP contribution in [0.2, 0.25) is 0 Å². The maximum Gasteiger partial charge on any atom is 0.317 e. The highest BCUT2D eigenvalue weighted by Crippen LogP contribution is 2.28. The summed E-state index contributed by atoms with van der Waals surface area (Å²) in [5.41, 5.74) is 3.30. The number of amides is 2. The van der Waals surface area contributed by atoms with Gasteiger partial charge in [0.05, 0.1) is 18.4 Å². The van der Waals surface area contributed by atoms with E-state index in [-0.39, 0.29) is 6.03 Å². The third kappa shape index (κ3) is 4.25. The molecule has 0 unspecified atom stereocenters. The first-order chi connectivity index (χ1) is 13.7. The number of hydrogen-bond donors (Lipinski definition) is 1. The number of nitrogens with zero attached hydrogens (tertiary/aromatic N) is 4. The number of piperidine rings is 1. The minimum Gasteiger partial charge on any atom is -0.332 e. The van der Waals surface area contributed by atoms with Gasteiger partial charge in [0.1, 0.15) is 5.01 Å². The van der Waals surface area contributed by atoms with Crippen molar-refractivity contribution in [3.63, 3.8) is 0 Å². The number of likely N-dealkylation sites (tertiary alicyclic amines) is 1. The lowest BCUT2D eigenvalue weighted by molar-refractivity contribution is 0.181. The summed E-state index contributed by atoms with van der Waals surface area (Å²) in [6.07, 6.45) is 6.07. The summed E-state index contributed by atoms with van der Waals surface area (Å²) < 4.78 is 1.96. The molecule has 0 aliphatic carbocycles. The van der Waals surface area contributed by atoms with Gasteiger partial charge in [-0.25, -0.2) is 9.78 Å². The van der Waals surface area contributed by atoms with Gasteiger partial charge < -0.3 is 10.2 Å². The van der Waals surface area contributed by atoms with E-state index >= 15 is 0 Å². The van der Waals surface area contributed by atoms with Crippen molar-refractivity contribution in [3.8, 4) is 10.6 Å². The number of carbonyl (C=O) groups is 1. The van der Waals surface area contributed by atoms with Gasteiger partial charge in [-0.1, -0.05) is 30.3 Å². The highest BCUT2D eigenvalue weighted by molar-refractivity contribution is 7.13. The molecule has 2 aromatic heterocycles. The van der Waals surface area contributed by atoms with Gasteiger partial charge in [-0.2, -0.15) is 5.10 Å². The van der Waals surface area contributed by atoms with E-state index in [1.807, 2.05) is 39.4 Å². The molecule has 0 bridgehead atoms. The zero-order valence-electron chi connectivity index (χ0n) is 16.0. The van der Waals surface area contributed by atoms with Crippen molar-refractivity contribution in [2.75, 3.05) is 13.1 Å². The van der Waals surface area contributed by atoms with Crippen LogP contribution in [0.3, 0.4) is 0 Å². The fourth-order valence-corrected chi connectivity index (χ4v) is 4.38. The van der Waals surface area contributed by atoms with E-state index in [0.717, 1.165) is 48.7 Å². The second-order valence-corrected chi connectivity index (χ2v) is 7.92. The molecule has 2 amide bonds. The number of benzene rings is 1. The van der Waals surface area contributed by atoms with Gasteiger partial charge >= 0.3 is 6.03 Å². The Hall–Kier alpha value is -2.67. The van der Waals surface area contributed by atoms with Crippen LogP contribution in [0, 0.1) is 0 Å². The second kappa shape index (κ2) is 8.56. The Kier molecular flexibility index (Phi) is 5.71. The van der Waals surface area contributed by atoms with Gasteiger partial charge in [0.2, 0.25) is 0 Å². The fraction of sp³-hybridized carbons (Fsp3) is 0.381. The van der Waals surface area contributed by atoms with Gasteiger partial charge in [0.25, 0.3) is 0 Å². The van der Waals surface area contributed by atoms with Crippen LogP contribution in [0.25, 0.3) is 10.6 Å². The van der Waals surface area contributed by atoms with Crippen molar-refractivity contribution in [2.24, 2.45) is 0 Å². The quantitative estimate of drug-likeness (QED) is 0.707. The molecule has 1 aliphatic rings. The number of aromatic nitrogens is 3. The molecule has 0 saturated carbocycles. The first-order valence-corrected chi connectivity index (χ1v) is 10.7. The van der Waals surface area contributed by atoms with Crippen molar-refractivity contribution >= 4 is 17.4 Å². The van der Waals surface area contributed by atoms with Crippen LogP contribution < -0.4 is 5.32 Å². The minimum atomic E-state index is -0.00281. The molecule has 146 valence electrons. The molecule has 0 atom stereocenters. The van der Waals surface area contributed by atoms with E-state index in [1.54, 1.807) is 11.3 Å². The smallest absolute Gasteiger partial charge is 0.317 e. The number of urea groups is 1. The molecule has 1 fully saturated rings. The van der Waals surface area contributed by atoms with Crippen molar-refractivity contribution < 1.29 is 4.79 Å². The summed E-state index contributed by atoms with van der Waals surface area (Å²) in [5.74, 6) is 0.497. The summed E-state index contributed by atoms with van der Waals surface area (Å²) in [7, 11) is 0. The molecule has 3 aromatic rings. The third-order valence-electron chi connectivity index (χ3n) is 5.22. The maximum atomic E-state index is 12.5. The molecule has 7 heteroatoms. The molecular formula is C21H25N5OS. The zero-order chi connectivity index (χ0) is 19.3. The molecule has 4 rings (SSSR count).